The molecule has 0 fully saturated rings. The van der Waals surface area contributed by atoms with Gasteiger partial charge < -0.3 is 4.52 Å². The van der Waals surface area contributed by atoms with Gasteiger partial charge in [-0.2, -0.15) is 4.98 Å². The van der Waals surface area contributed by atoms with Crippen LogP contribution in [-0.4, -0.2) is 21.0 Å². The van der Waals surface area contributed by atoms with Gasteiger partial charge in [0, 0.05) is 18.0 Å². The molecule has 0 atom stereocenters. The smallest absolute Gasteiger partial charge is 0.323 e. The minimum absolute atomic E-state index is 0.184. The van der Waals surface area contributed by atoms with E-state index in [0.717, 1.165) is 0 Å². The predicted molar refractivity (Wildman–Crippen MR) is 49.2 cm³/mol. The van der Waals surface area contributed by atoms with Crippen molar-refractivity contribution in [3.63, 3.8) is 0 Å². The third-order valence-electron chi connectivity index (χ3n) is 1.67. The summed E-state index contributed by atoms with van der Waals surface area (Å²) in [5, 5.41) is 3.61. The lowest BCUT2D eigenvalue weighted by Crippen LogP contribution is -2.30. The van der Waals surface area contributed by atoms with Gasteiger partial charge in [-0.05, 0) is 12.1 Å². The Balaban J connectivity index is 2.32. The Morgan fingerprint density at radius 3 is 3.07 bits per heavy atom. The molecule has 0 unspecified atom stereocenters. The lowest BCUT2D eigenvalue weighted by atomic mass is 10.3. The van der Waals surface area contributed by atoms with Crippen molar-refractivity contribution in [2.75, 3.05) is 0 Å². The van der Waals surface area contributed by atoms with Gasteiger partial charge in [0.25, 0.3) is 0 Å². The zero-order valence-electron chi connectivity index (χ0n) is 7.54. The number of carbonyl (C=O) groups is 1. The van der Waals surface area contributed by atoms with Crippen molar-refractivity contribution < 1.29 is 9.32 Å². The average molecular weight is 205 g/mol. The van der Waals surface area contributed by atoms with Gasteiger partial charge in [-0.15, -0.1) is 0 Å². The Bertz CT molecular complexity index is 467. The van der Waals surface area contributed by atoms with E-state index in [0.29, 0.717) is 11.4 Å². The molecule has 15 heavy (non-hydrogen) atoms. The quantitative estimate of drug-likeness (QED) is 0.397. The molecule has 0 bridgehead atoms. The second-order valence-corrected chi connectivity index (χ2v) is 2.64. The second-order valence-electron chi connectivity index (χ2n) is 2.64. The Morgan fingerprint density at radius 2 is 2.40 bits per heavy atom. The fraction of sp³-hybridized carbons (Fsp3) is 0. The molecule has 2 aromatic heterocycles. The molecule has 3 N–H and O–H groups in total. The van der Waals surface area contributed by atoms with E-state index in [9.17, 15) is 4.79 Å². The summed E-state index contributed by atoms with van der Waals surface area (Å²) in [7, 11) is 0. The lowest BCUT2D eigenvalue weighted by molar-refractivity contribution is 0.0910. The highest BCUT2D eigenvalue weighted by Crippen LogP contribution is 2.13. The van der Waals surface area contributed by atoms with E-state index in [-0.39, 0.29) is 5.89 Å². The molecule has 0 saturated heterocycles. The number of hydrogen-bond acceptors (Lipinski definition) is 6. The molecule has 0 radical (unpaired) electrons. The molecule has 1 amide bonds. The number of hydrogen-bond donors (Lipinski definition) is 2. The van der Waals surface area contributed by atoms with E-state index >= 15 is 0 Å². The first-order chi connectivity index (χ1) is 7.31. The summed E-state index contributed by atoms with van der Waals surface area (Å²) in [6.45, 7) is 0. The monoisotopic (exact) mass is 205 g/mol. The van der Waals surface area contributed by atoms with Crippen LogP contribution in [0.2, 0.25) is 0 Å². The molecule has 0 aliphatic heterocycles. The molecule has 7 heteroatoms. The van der Waals surface area contributed by atoms with Crippen LogP contribution in [0, 0.1) is 0 Å². The Labute approximate surface area is 84.3 Å². The lowest BCUT2D eigenvalue weighted by Gasteiger charge is -1.90. The van der Waals surface area contributed by atoms with Gasteiger partial charge in [0.2, 0.25) is 5.82 Å². The van der Waals surface area contributed by atoms with Crippen LogP contribution in [0.4, 0.5) is 0 Å². The van der Waals surface area contributed by atoms with Crippen molar-refractivity contribution in [3.8, 4) is 11.4 Å². The number of nitrogen functional groups attached to an aromatic ring is 1. The van der Waals surface area contributed by atoms with Crippen molar-refractivity contribution in [2.45, 2.75) is 0 Å². The minimum Gasteiger partial charge on any atom is -0.328 e. The van der Waals surface area contributed by atoms with Crippen LogP contribution in [0.15, 0.2) is 29.0 Å². The number of nitrogens with zero attached hydrogens (tertiary/aromatic N) is 3. The van der Waals surface area contributed by atoms with Crippen molar-refractivity contribution >= 4 is 5.91 Å². The van der Waals surface area contributed by atoms with Crippen molar-refractivity contribution in [3.05, 3.63) is 30.4 Å². The maximum absolute atomic E-state index is 11.0. The van der Waals surface area contributed by atoms with Crippen LogP contribution in [-0.2, 0) is 0 Å². The molecule has 0 spiro atoms. The molecule has 0 aliphatic carbocycles. The van der Waals surface area contributed by atoms with E-state index in [1.54, 1.807) is 24.5 Å². The third-order valence-corrected chi connectivity index (χ3v) is 1.67. The first kappa shape index (κ1) is 9.28. The van der Waals surface area contributed by atoms with Crippen LogP contribution >= 0.6 is 0 Å². The molecule has 0 aliphatic rings. The van der Waals surface area contributed by atoms with E-state index in [1.165, 1.54) is 0 Å². The number of amides is 1. The average Bonchev–Trinajstić information content (AvgIpc) is 2.78. The molecule has 2 aromatic rings. The van der Waals surface area contributed by atoms with E-state index < -0.39 is 5.91 Å². The summed E-state index contributed by atoms with van der Waals surface area (Å²) < 4.78 is 4.69. The maximum atomic E-state index is 11.0. The summed E-state index contributed by atoms with van der Waals surface area (Å²) in [6.07, 6.45) is 3.19. The van der Waals surface area contributed by atoms with Gasteiger partial charge in [-0.3, -0.25) is 15.2 Å². The number of hydrazine groups is 1. The van der Waals surface area contributed by atoms with Gasteiger partial charge in [-0.1, -0.05) is 5.16 Å². The largest absolute Gasteiger partial charge is 0.328 e. The summed E-state index contributed by atoms with van der Waals surface area (Å²) in [4.78, 5) is 18.7. The minimum atomic E-state index is -0.627. The summed E-state index contributed by atoms with van der Waals surface area (Å²) in [5.74, 6) is 4.39. The van der Waals surface area contributed by atoms with Crippen LogP contribution < -0.4 is 11.3 Å². The number of nitrogens with two attached hydrogens (primary N) is 1. The SMILES string of the molecule is NNC(=O)c1nc(-c2cccnc2)no1. The topological polar surface area (TPSA) is 107 Å². The predicted octanol–water partition coefficient (Wildman–Crippen LogP) is -0.265. The highest BCUT2D eigenvalue weighted by Gasteiger charge is 2.14. The second kappa shape index (κ2) is 3.84. The Morgan fingerprint density at radius 1 is 1.53 bits per heavy atom. The summed E-state index contributed by atoms with van der Waals surface area (Å²) in [6, 6.07) is 3.48. The first-order valence-corrected chi connectivity index (χ1v) is 4.06. The summed E-state index contributed by atoms with van der Waals surface area (Å²) in [5.41, 5.74) is 2.56. The number of aromatic nitrogens is 3. The van der Waals surface area contributed by atoms with Gasteiger partial charge >= 0.3 is 11.8 Å². The van der Waals surface area contributed by atoms with Crippen molar-refractivity contribution in [1.29, 1.82) is 0 Å². The van der Waals surface area contributed by atoms with Gasteiger partial charge in [0.1, 0.15) is 0 Å². The Hall–Kier alpha value is -2.28. The molecule has 0 saturated carbocycles. The highest BCUT2D eigenvalue weighted by molar-refractivity contribution is 5.89. The fourth-order valence-electron chi connectivity index (χ4n) is 0.990. The number of pyridine rings is 1. The van der Waals surface area contributed by atoms with Gasteiger partial charge in [0.15, 0.2) is 0 Å². The van der Waals surface area contributed by atoms with Crippen LogP contribution in [0.3, 0.4) is 0 Å². The zero-order chi connectivity index (χ0) is 10.7. The third kappa shape index (κ3) is 1.81. The first-order valence-electron chi connectivity index (χ1n) is 4.06. The van der Waals surface area contributed by atoms with E-state index in [1.807, 2.05) is 5.43 Å². The van der Waals surface area contributed by atoms with Crippen LogP contribution in [0.1, 0.15) is 10.7 Å². The number of nitrogens with one attached hydrogen (secondary N) is 1. The van der Waals surface area contributed by atoms with Crippen molar-refractivity contribution in [2.24, 2.45) is 5.84 Å². The van der Waals surface area contributed by atoms with Gasteiger partial charge in [-0.25, -0.2) is 5.84 Å². The van der Waals surface area contributed by atoms with Gasteiger partial charge in [0.05, 0.1) is 0 Å². The van der Waals surface area contributed by atoms with E-state index in [2.05, 4.69) is 15.1 Å². The van der Waals surface area contributed by atoms with Crippen molar-refractivity contribution in [1.82, 2.24) is 20.6 Å². The molecule has 76 valence electrons. The molecule has 0 aromatic carbocycles. The highest BCUT2D eigenvalue weighted by atomic mass is 16.5. The zero-order valence-corrected chi connectivity index (χ0v) is 7.54. The summed E-state index contributed by atoms with van der Waals surface area (Å²) >= 11 is 0. The molecule has 2 rings (SSSR count). The molecule has 7 nitrogen and oxygen atoms in total. The Kier molecular flexibility index (Phi) is 2.38. The maximum Gasteiger partial charge on any atom is 0.323 e. The fourth-order valence-corrected chi connectivity index (χ4v) is 0.990. The van der Waals surface area contributed by atoms with E-state index in [4.69, 9.17) is 10.4 Å². The van der Waals surface area contributed by atoms with Crippen LogP contribution in [0.5, 0.6) is 0 Å². The molecular formula is C8H7N5O2. The number of carbonyl (C=O) groups excluding carboxylic acids is 1. The standard InChI is InChI=1S/C8H7N5O2/c9-12-7(14)8-11-6(13-15-8)5-2-1-3-10-4-5/h1-4H,9H2,(H,12,14). The normalized spacial score (nSPS) is 9.93. The number of rotatable bonds is 2. The molecule has 2 heterocycles. The van der Waals surface area contributed by atoms with Crippen LogP contribution in [0.25, 0.3) is 11.4 Å². The molecular weight excluding hydrogens is 198 g/mol.